The second-order valence-corrected chi connectivity index (χ2v) is 4.62. The van der Waals surface area contributed by atoms with Crippen molar-refractivity contribution in [2.24, 2.45) is 11.8 Å². The average Bonchev–Trinajstić information content (AvgIpc) is 2.45. The van der Waals surface area contributed by atoms with E-state index in [1.54, 1.807) is 13.8 Å². The number of amides is 2. The number of carbonyl (C=O) groups excluding carboxylic acids is 2. The number of hydrogen-bond acceptors (Lipinski definition) is 2. The number of imide groups is 1. The number of anilines is 1. The van der Waals surface area contributed by atoms with Crippen molar-refractivity contribution in [2.45, 2.75) is 13.8 Å². The highest BCUT2D eigenvalue weighted by molar-refractivity contribution is 6.30. The van der Waals surface area contributed by atoms with Crippen LogP contribution in [0.3, 0.4) is 0 Å². The van der Waals surface area contributed by atoms with E-state index < -0.39 is 17.7 Å². The van der Waals surface area contributed by atoms with E-state index in [0.29, 0.717) is 0 Å². The van der Waals surface area contributed by atoms with Gasteiger partial charge in [-0.2, -0.15) is 0 Å². The number of hydrogen-bond donors (Lipinski definition) is 0. The van der Waals surface area contributed by atoms with Gasteiger partial charge in [0.25, 0.3) is 0 Å². The standard InChI is InChI=1S/C12H11ClFNO2/c1-6-7(2)12(17)15(11(6)16)10-4-3-8(13)5-9(10)14/h3-7H,1-2H3. The number of carbonyl (C=O) groups is 2. The summed E-state index contributed by atoms with van der Waals surface area (Å²) < 4.78 is 13.7. The van der Waals surface area contributed by atoms with Crippen molar-refractivity contribution >= 4 is 29.1 Å². The minimum Gasteiger partial charge on any atom is -0.274 e. The largest absolute Gasteiger partial charge is 0.274 e. The van der Waals surface area contributed by atoms with E-state index in [2.05, 4.69) is 0 Å². The Kier molecular flexibility index (Phi) is 2.91. The van der Waals surface area contributed by atoms with Crippen LogP contribution in [0.5, 0.6) is 0 Å². The molecule has 5 heteroatoms. The first-order chi connectivity index (χ1) is 7.93. The van der Waals surface area contributed by atoms with Gasteiger partial charge in [-0.15, -0.1) is 0 Å². The molecule has 1 saturated heterocycles. The van der Waals surface area contributed by atoms with E-state index in [1.165, 1.54) is 12.1 Å². The maximum Gasteiger partial charge on any atom is 0.237 e. The van der Waals surface area contributed by atoms with Gasteiger partial charge in [0.05, 0.1) is 5.69 Å². The molecule has 1 aliphatic rings. The minimum absolute atomic E-state index is 0.0272. The van der Waals surface area contributed by atoms with Gasteiger partial charge in [-0.1, -0.05) is 25.4 Å². The molecule has 1 aromatic carbocycles. The molecular formula is C12H11ClFNO2. The lowest BCUT2D eigenvalue weighted by Crippen LogP contribution is -2.31. The minimum atomic E-state index is -0.666. The summed E-state index contributed by atoms with van der Waals surface area (Å²) in [5.74, 6) is -2.25. The van der Waals surface area contributed by atoms with Crippen molar-refractivity contribution < 1.29 is 14.0 Å². The molecule has 17 heavy (non-hydrogen) atoms. The molecule has 0 aliphatic carbocycles. The third kappa shape index (κ3) is 1.82. The van der Waals surface area contributed by atoms with Crippen LogP contribution < -0.4 is 4.90 Å². The molecule has 0 N–H and O–H groups in total. The summed E-state index contributed by atoms with van der Waals surface area (Å²) in [5.41, 5.74) is -0.0272. The molecule has 1 fully saturated rings. The summed E-state index contributed by atoms with van der Waals surface area (Å²) in [6, 6.07) is 3.89. The first-order valence-electron chi connectivity index (χ1n) is 5.26. The predicted octanol–water partition coefficient (Wildman–Crippen LogP) is 2.62. The van der Waals surface area contributed by atoms with Crippen molar-refractivity contribution in [3.8, 4) is 0 Å². The molecule has 0 bridgehead atoms. The molecule has 2 atom stereocenters. The molecule has 0 spiro atoms. The van der Waals surface area contributed by atoms with Crippen molar-refractivity contribution in [2.75, 3.05) is 4.90 Å². The Balaban J connectivity index is 2.47. The summed E-state index contributed by atoms with van der Waals surface area (Å²) in [6.07, 6.45) is 0. The smallest absolute Gasteiger partial charge is 0.237 e. The van der Waals surface area contributed by atoms with Crippen LogP contribution in [0.2, 0.25) is 5.02 Å². The molecule has 1 aromatic rings. The molecule has 0 radical (unpaired) electrons. The zero-order valence-corrected chi connectivity index (χ0v) is 10.2. The Morgan fingerprint density at radius 3 is 2.18 bits per heavy atom. The monoisotopic (exact) mass is 255 g/mol. The fourth-order valence-corrected chi connectivity index (χ4v) is 2.00. The molecule has 1 aliphatic heterocycles. The summed E-state index contributed by atoms with van der Waals surface area (Å²) in [4.78, 5) is 24.6. The topological polar surface area (TPSA) is 37.4 Å². The molecule has 1 heterocycles. The molecule has 0 aromatic heterocycles. The zero-order chi connectivity index (χ0) is 12.7. The SMILES string of the molecule is CC1C(=O)N(c2ccc(Cl)cc2F)C(=O)C1C. The van der Waals surface area contributed by atoms with E-state index in [4.69, 9.17) is 11.6 Å². The Bertz CT molecular complexity index is 483. The van der Waals surface area contributed by atoms with Crippen LogP contribution in [0.1, 0.15) is 13.8 Å². The van der Waals surface area contributed by atoms with Crippen LogP contribution in [-0.2, 0) is 9.59 Å². The normalized spacial score (nSPS) is 24.6. The number of benzene rings is 1. The van der Waals surface area contributed by atoms with Gasteiger partial charge in [-0.25, -0.2) is 9.29 Å². The maximum absolute atomic E-state index is 13.7. The Labute approximate surface area is 103 Å². The first-order valence-corrected chi connectivity index (χ1v) is 5.64. The van der Waals surface area contributed by atoms with Crippen molar-refractivity contribution in [3.63, 3.8) is 0 Å². The Hall–Kier alpha value is -1.42. The molecule has 0 saturated carbocycles. The van der Waals surface area contributed by atoms with Crippen LogP contribution in [0.15, 0.2) is 18.2 Å². The van der Waals surface area contributed by atoms with E-state index in [9.17, 15) is 14.0 Å². The molecule has 3 nitrogen and oxygen atoms in total. The highest BCUT2D eigenvalue weighted by Crippen LogP contribution is 2.32. The van der Waals surface area contributed by atoms with Crippen LogP contribution in [0.4, 0.5) is 10.1 Å². The fourth-order valence-electron chi connectivity index (χ4n) is 1.84. The molecule has 2 rings (SSSR count). The van der Waals surface area contributed by atoms with E-state index >= 15 is 0 Å². The third-order valence-electron chi connectivity index (χ3n) is 3.12. The average molecular weight is 256 g/mol. The van der Waals surface area contributed by atoms with Crippen LogP contribution in [0, 0.1) is 17.7 Å². The zero-order valence-electron chi connectivity index (χ0n) is 9.41. The molecular weight excluding hydrogens is 245 g/mol. The summed E-state index contributed by atoms with van der Waals surface area (Å²) in [7, 11) is 0. The van der Waals surface area contributed by atoms with Gasteiger partial charge >= 0.3 is 0 Å². The van der Waals surface area contributed by atoms with Gasteiger partial charge in [0.15, 0.2) is 0 Å². The second-order valence-electron chi connectivity index (χ2n) is 4.18. The van der Waals surface area contributed by atoms with Gasteiger partial charge in [0.2, 0.25) is 11.8 Å². The van der Waals surface area contributed by atoms with Crippen molar-refractivity contribution in [1.29, 1.82) is 0 Å². The second kappa shape index (κ2) is 4.11. The Morgan fingerprint density at radius 2 is 1.71 bits per heavy atom. The van der Waals surface area contributed by atoms with Crippen LogP contribution in [0.25, 0.3) is 0 Å². The number of nitrogens with zero attached hydrogens (tertiary/aromatic N) is 1. The van der Waals surface area contributed by atoms with Crippen LogP contribution in [-0.4, -0.2) is 11.8 Å². The first kappa shape index (κ1) is 12.0. The number of rotatable bonds is 1. The quantitative estimate of drug-likeness (QED) is 0.724. The van der Waals surface area contributed by atoms with Gasteiger partial charge < -0.3 is 0 Å². The molecule has 90 valence electrons. The van der Waals surface area contributed by atoms with Gasteiger partial charge in [-0.05, 0) is 18.2 Å². The third-order valence-corrected chi connectivity index (χ3v) is 3.36. The highest BCUT2D eigenvalue weighted by Gasteiger charge is 2.43. The predicted molar refractivity (Wildman–Crippen MR) is 62.2 cm³/mol. The van der Waals surface area contributed by atoms with Gasteiger partial charge in [0.1, 0.15) is 5.82 Å². The fraction of sp³-hybridized carbons (Fsp3) is 0.333. The van der Waals surface area contributed by atoms with Crippen molar-refractivity contribution in [3.05, 3.63) is 29.0 Å². The van der Waals surface area contributed by atoms with Crippen LogP contribution >= 0.6 is 11.6 Å². The molecule has 2 unspecified atom stereocenters. The highest BCUT2D eigenvalue weighted by atomic mass is 35.5. The van der Waals surface area contributed by atoms with E-state index in [0.717, 1.165) is 11.0 Å². The van der Waals surface area contributed by atoms with Gasteiger partial charge in [0, 0.05) is 16.9 Å². The summed E-state index contributed by atoms with van der Waals surface area (Å²) in [5, 5.41) is 0.228. The lowest BCUT2D eigenvalue weighted by molar-refractivity contribution is -0.122. The van der Waals surface area contributed by atoms with E-state index in [-0.39, 0.29) is 22.5 Å². The summed E-state index contributed by atoms with van der Waals surface area (Å²) in [6.45, 7) is 3.33. The molecule has 2 amide bonds. The maximum atomic E-state index is 13.7. The van der Waals surface area contributed by atoms with Gasteiger partial charge in [-0.3, -0.25) is 9.59 Å². The lowest BCUT2D eigenvalue weighted by Gasteiger charge is -2.15. The Morgan fingerprint density at radius 1 is 1.18 bits per heavy atom. The van der Waals surface area contributed by atoms with Crippen molar-refractivity contribution in [1.82, 2.24) is 0 Å². The summed E-state index contributed by atoms with van der Waals surface area (Å²) >= 11 is 5.63. The van der Waals surface area contributed by atoms with E-state index in [1.807, 2.05) is 0 Å². The lowest BCUT2D eigenvalue weighted by atomic mass is 10.00. The number of halogens is 2.